The van der Waals surface area contributed by atoms with E-state index in [1.54, 1.807) is 11.3 Å². The number of aryl methyl sites for hydroxylation is 1. The molecule has 66 valence electrons. The van der Waals surface area contributed by atoms with Crippen molar-refractivity contribution in [1.29, 1.82) is 0 Å². The van der Waals surface area contributed by atoms with Crippen molar-refractivity contribution in [2.75, 3.05) is 6.54 Å². The molecule has 3 N–H and O–H groups in total. The third-order valence-electron chi connectivity index (χ3n) is 2.58. The van der Waals surface area contributed by atoms with Crippen molar-refractivity contribution in [2.24, 2.45) is 5.73 Å². The van der Waals surface area contributed by atoms with Gasteiger partial charge in [-0.1, -0.05) is 0 Å². The molecular weight excluding hydrogens is 170 g/mol. The summed E-state index contributed by atoms with van der Waals surface area (Å²) in [5.74, 6) is 0. The number of nitrogens with two attached hydrogens (primary N) is 1. The lowest BCUT2D eigenvalue weighted by molar-refractivity contribution is 0.0288. The number of hydrogen-bond donors (Lipinski definition) is 2. The van der Waals surface area contributed by atoms with Gasteiger partial charge in [-0.3, -0.25) is 0 Å². The molecule has 2 nitrogen and oxygen atoms in total. The fourth-order valence-electron chi connectivity index (χ4n) is 1.84. The summed E-state index contributed by atoms with van der Waals surface area (Å²) < 4.78 is 0. The summed E-state index contributed by atoms with van der Waals surface area (Å²) in [5.41, 5.74) is 5.91. The molecule has 1 heterocycles. The van der Waals surface area contributed by atoms with E-state index in [2.05, 4.69) is 0 Å². The highest BCUT2D eigenvalue weighted by Crippen LogP contribution is 2.37. The van der Waals surface area contributed by atoms with E-state index in [0.717, 1.165) is 24.8 Å². The van der Waals surface area contributed by atoms with Crippen LogP contribution in [0.1, 0.15) is 23.3 Å². The van der Waals surface area contributed by atoms with Crippen LogP contribution in [-0.2, 0) is 12.0 Å². The number of hydrogen-bond acceptors (Lipinski definition) is 3. The number of rotatable bonds is 1. The molecule has 0 bridgehead atoms. The minimum absolute atomic E-state index is 0.344. The van der Waals surface area contributed by atoms with Crippen LogP contribution in [0.5, 0.6) is 0 Å². The molecule has 1 aliphatic carbocycles. The normalized spacial score (nSPS) is 28.5. The first kappa shape index (κ1) is 8.23. The van der Waals surface area contributed by atoms with Crippen LogP contribution in [0.25, 0.3) is 0 Å². The summed E-state index contributed by atoms with van der Waals surface area (Å²) in [6.07, 6.45) is 2.98. The second kappa shape index (κ2) is 2.83. The van der Waals surface area contributed by atoms with E-state index in [0.29, 0.717) is 6.54 Å². The van der Waals surface area contributed by atoms with Crippen LogP contribution >= 0.6 is 11.3 Å². The maximum absolute atomic E-state index is 10.1. The average Bonchev–Trinajstić information content (AvgIpc) is 2.54. The second-order valence-electron chi connectivity index (χ2n) is 3.35. The smallest absolute Gasteiger partial charge is 0.103 e. The fraction of sp³-hybridized carbons (Fsp3) is 0.556. The Morgan fingerprint density at radius 1 is 1.67 bits per heavy atom. The van der Waals surface area contributed by atoms with Gasteiger partial charge in [0.15, 0.2) is 0 Å². The molecule has 0 saturated heterocycles. The van der Waals surface area contributed by atoms with Crippen molar-refractivity contribution in [3.8, 4) is 0 Å². The van der Waals surface area contributed by atoms with Crippen LogP contribution in [0.15, 0.2) is 11.4 Å². The van der Waals surface area contributed by atoms with Crippen LogP contribution in [0.4, 0.5) is 0 Å². The van der Waals surface area contributed by atoms with Crippen molar-refractivity contribution in [3.63, 3.8) is 0 Å². The molecule has 1 aromatic heterocycles. The van der Waals surface area contributed by atoms with Gasteiger partial charge in [0.25, 0.3) is 0 Å². The predicted molar refractivity (Wildman–Crippen MR) is 50.2 cm³/mol. The highest BCUT2D eigenvalue weighted by Gasteiger charge is 2.33. The molecule has 0 saturated carbocycles. The van der Waals surface area contributed by atoms with Gasteiger partial charge in [0.2, 0.25) is 0 Å². The van der Waals surface area contributed by atoms with E-state index in [4.69, 9.17) is 5.73 Å². The lowest BCUT2D eigenvalue weighted by atomic mass is 9.83. The van der Waals surface area contributed by atoms with E-state index >= 15 is 0 Å². The second-order valence-corrected chi connectivity index (χ2v) is 4.35. The summed E-state index contributed by atoms with van der Waals surface area (Å²) in [5, 5.41) is 12.1. The van der Waals surface area contributed by atoms with Gasteiger partial charge in [0.05, 0.1) is 0 Å². The number of thiophene rings is 1. The molecule has 0 aromatic carbocycles. The molecule has 0 aliphatic heterocycles. The fourth-order valence-corrected chi connectivity index (χ4v) is 2.85. The molecule has 0 amide bonds. The van der Waals surface area contributed by atoms with Crippen LogP contribution in [0.3, 0.4) is 0 Å². The van der Waals surface area contributed by atoms with Crippen LogP contribution in [0.2, 0.25) is 0 Å². The van der Waals surface area contributed by atoms with Gasteiger partial charge in [0.1, 0.15) is 5.60 Å². The van der Waals surface area contributed by atoms with Gasteiger partial charge >= 0.3 is 0 Å². The molecule has 12 heavy (non-hydrogen) atoms. The molecule has 1 aliphatic rings. The SMILES string of the molecule is NC[C@@]1(O)CCCc2sccc21. The van der Waals surface area contributed by atoms with E-state index < -0.39 is 5.60 Å². The zero-order valence-corrected chi connectivity index (χ0v) is 7.73. The monoisotopic (exact) mass is 183 g/mol. The first-order chi connectivity index (χ1) is 5.76. The molecule has 0 fully saturated rings. The largest absolute Gasteiger partial charge is 0.384 e. The zero-order chi connectivity index (χ0) is 8.60. The van der Waals surface area contributed by atoms with Crippen LogP contribution < -0.4 is 5.73 Å². The molecule has 0 unspecified atom stereocenters. The minimum atomic E-state index is -0.729. The Morgan fingerprint density at radius 2 is 2.50 bits per heavy atom. The highest BCUT2D eigenvalue weighted by atomic mass is 32.1. The standard InChI is InChI=1S/C9H13NOS/c10-6-9(11)4-1-2-8-7(9)3-5-12-8/h3,5,11H,1-2,4,6,10H2/t9-/m0/s1. The summed E-state index contributed by atoms with van der Waals surface area (Å²) in [6, 6.07) is 2.01. The molecule has 3 heteroatoms. The predicted octanol–water partition coefficient (Wildman–Crippen LogP) is 1.23. The lowest BCUT2D eigenvalue weighted by Gasteiger charge is -2.31. The van der Waals surface area contributed by atoms with Gasteiger partial charge in [-0.15, -0.1) is 11.3 Å². The maximum Gasteiger partial charge on any atom is 0.103 e. The van der Waals surface area contributed by atoms with Crippen LogP contribution in [0, 0.1) is 0 Å². The van der Waals surface area contributed by atoms with Gasteiger partial charge in [-0.2, -0.15) is 0 Å². The molecule has 2 rings (SSSR count). The first-order valence-corrected chi connectivity index (χ1v) is 5.13. The van der Waals surface area contributed by atoms with Crippen molar-refractivity contribution < 1.29 is 5.11 Å². The molecule has 0 spiro atoms. The Kier molecular flexibility index (Phi) is 1.94. The first-order valence-electron chi connectivity index (χ1n) is 4.25. The minimum Gasteiger partial charge on any atom is -0.384 e. The van der Waals surface area contributed by atoms with E-state index in [9.17, 15) is 5.11 Å². The third kappa shape index (κ3) is 1.09. The van der Waals surface area contributed by atoms with Gasteiger partial charge in [0, 0.05) is 11.4 Å². The van der Waals surface area contributed by atoms with Gasteiger partial charge in [-0.05, 0) is 36.3 Å². The Balaban J connectivity index is 2.44. The Labute approximate surface area is 76.0 Å². The van der Waals surface area contributed by atoms with Crippen molar-refractivity contribution in [1.82, 2.24) is 0 Å². The highest BCUT2D eigenvalue weighted by molar-refractivity contribution is 7.10. The number of fused-ring (bicyclic) bond motifs is 1. The van der Waals surface area contributed by atoms with E-state index in [-0.39, 0.29) is 0 Å². The van der Waals surface area contributed by atoms with Crippen molar-refractivity contribution in [2.45, 2.75) is 24.9 Å². The Bertz CT molecular complexity index is 284. The molecule has 0 radical (unpaired) electrons. The summed E-state index contributed by atoms with van der Waals surface area (Å²) in [6.45, 7) is 0.344. The van der Waals surface area contributed by atoms with E-state index in [1.807, 2.05) is 11.4 Å². The van der Waals surface area contributed by atoms with E-state index in [1.165, 1.54) is 4.88 Å². The van der Waals surface area contributed by atoms with Gasteiger partial charge < -0.3 is 10.8 Å². The Morgan fingerprint density at radius 3 is 3.25 bits per heavy atom. The van der Waals surface area contributed by atoms with Crippen molar-refractivity contribution in [3.05, 3.63) is 21.9 Å². The number of aliphatic hydroxyl groups is 1. The van der Waals surface area contributed by atoms with Gasteiger partial charge in [-0.25, -0.2) is 0 Å². The average molecular weight is 183 g/mol. The van der Waals surface area contributed by atoms with Crippen molar-refractivity contribution >= 4 is 11.3 Å². The molecule has 1 atom stereocenters. The molecular formula is C9H13NOS. The quantitative estimate of drug-likeness (QED) is 0.688. The van der Waals surface area contributed by atoms with Crippen LogP contribution in [-0.4, -0.2) is 11.7 Å². The summed E-state index contributed by atoms with van der Waals surface area (Å²) >= 11 is 1.73. The topological polar surface area (TPSA) is 46.2 Å². The third-order valence-corrected chi connectivity index (χ3v) is 3.56. The maximum atomic E-state index is 10.1. The molecule has 1 aromatic rings. The summed E-state index contributed by atoms with van der Waals surface area (Å²) in [4.78, 5) is 1.31. The Hall–Kier alpha value is -0.380. The lowest BCUT2D eigenvalue weighted by Crippen LogP contribution is -2.37. The zero-order valence-electron chi connectivity index (χ0n) is 6.92. The summed E-state index contributed by atoms with van der Waals surface area (Å²) in [7, 11) is 0.